The molecule has 0 radical (unpaired) electrons. The smallest absolute Gasteiger partial charge is 0.115 e. The highest BCUT2D eigenvalue weighted by Gasteiger charge is 2.20. The fourth-order valence-electron chi connectivity index (χ4n) is 3.26. The van der Waals surface area contributed by atoms with Gasteiger partial charge in [-0.1, -0.05) is 19.9 Å². The molecule has 1 N–H and O–H groups in total. The van der Waals surface area contributed by atoms with Gasteiger partial charge < -0.3 is 10.0 Å². The third kappa shape index (κ3) is 4.68. The average molecular weight is 298 g/mol. The summed E-state index contributed by atoms with van der Waals surface area (Å²) in [6.45, 7) is 8.23. The lowest BCUT2D eigenvalue weighted by Gasteiger charge is -2.30. The van der Waals surface area contributed by atoms with Gasteiger partial charge in [-0.3, -0.25) is 0 Å². The second kappa shape index (κ2) is 8.53. The molecule has 1 aliphatic rings. The molecule has 2 rings (SSSR count). The molecule has 0 fully saturated rings. The molecule has 114 valence electrons. The van der Waals surface area contributed by atoms with E-state index < -0.39 is 0 Å². The van der Waals surface area contributed by atoms with E-state index in [-0.39, 0.29) is 12.4 Å². The lowest BCUT2D eigenvalue weighted by Crippen LogP contribution is -2.33. The van der Waals surface area contributed by atoms with Gasteiger partial charge in [0.1, 0.15) is 5.75 Å². The molecule has 1 atom stereocenters. The van der Waals surface area contributed by atoms with E-state index in [9.17, 15) is 5.11 Å². The second-order valence-corrected chi connectivity index (χ2v) is 5.86. The molecular weight excluding hydrogens is 270 g/mol. The molecule has 0 aromatic heterocycles. The van der Waals surface area contributed by atoms with Crippen LogP contribution in [0.15, 0.2) is 18.2 Å². The first-order valence-corrected chi connectivity index (χ1v) is 7.76. The number of nitrogens with zero attached hydrogens (tertiary/aromatic N) is 1. The fourth-order valence-corrected chi connectivity index (χ4v) is 3.26. The lowest BCUT2D eigenvalue weighted by molar-refractivity contribution is 0.220. The molecule has 20 heavy (non-hydrogen) atoms. The Morgan fingerprint density at radius 1 is 1.15 bits per heavy atom. The molecule has 0 saturated carbocycles. The van der Waals surface area contributed by atoms with Gasteiger partial charge in [0.15, 0.2) is 0 Å². The summed E-state index contributed by atoms with van der Waals surface area (Å²) in [5.41, 5.74) is 2.80. The van der Waals surface area contributed by atoms with Gasteiger partial charge in [0.05, 0.1) is 0 Å². The van der Waals surface area contributed by atoms with Crippen LogP contribution < -0.4 is 0 Å². The number of benzene rings is 1. The maximum Gasteiger partial charge on any atom is 0.115 e. The Balaban J connectivity index is 0.00000200. The van der Waals surface area contributed by atoms with Crippen LogP contribution in [0, 0.1) is 5.92 Å². The molecule has 1 aliphatic carbocycles. The van der Waals surface area contributed by atoms with Gasteiger partial charge >= 0.3 is 0 Å². The van der Waals surface area contributed by atoms with Crippen LogP contribution in [0.2, 0.25) is 0 Å². The second-order valence-electron chi connectivity index (χ2n) is 5.86. The number of fused-ring (bicyclic) bond motifs is 1. The molecule has 1 aromatic rings. The van der Waals surface area contributed by atoms with Gasteiger partial charge in [0, 0.05) is 6.54 Å². The topological polar surface area (TPSA) is 23.5 Å². The minimum Gasteiger partial charge on any atom is -0.508 e. The van der Waals surface area contributed by atoms with Crippen molar-refractivity contribution in [1.82, 2.24) is 4.90 Å². The zero-order valence-corrected chi connectivity index (χ0v) is 13.6. The highest BCUT2D eigenvalue weighted by molar-refractivity contribution is 5.85. The predicted molar refractivity (Wildman–Crippen MR) is 87.9 cm³/mol. The Hall–Kier alpha value is -0.730. The number of aromatic hydroxyl groups is 1. The van der Waals surface area contributed by atoms with Gasteiger partial charge in [-0.15, -0.1) is 12.4 Å². The van der Waals surface area contributed by atoms with Crippen LogP contribution in [0.25, 0.3) is 0 Å². The van der Waals surface area contributed by atoms with E-state index in [1.807, 2.05) is 12.1 Å². The first kappa shape index (κ1) is 17.3. The minimum atomic E-state index is 0. The first-order valence-electron chi connectivity index (χ1n) is 7.76. The van der Waals surface area contributed by atoms with E-state index >= 15 is 0 Å². The Morgan fingerprint density at radius 3 is 2.50 bits per heavy atom. The van der Waals surface area contributed by atoms with Gasteiger partial charge in [-0.25, -0.2) is 0 Å². The van der Waals surface area contributed by atoms with E-state index in [4.69, 9.17) is 0 Å². The predicted octanol–water partition coefficient (Wildman–Crippen LogP) is 4.04. The summed E-state index contributed by atoms with van der Waals surface area (Å²) in [5, 5.41) is 9.53. The van der Waals surface area contributed by atoms with Crippen LogP contribution in [-0.2, 0) is 12.8 Å². The lowest BCUT2D eigenvalue weighted by atomic mass is 9.83. The Kier molecular flexibility index (Phi) is 7.39. The summed E-state index contributed by atoms with van der Waals surface area (Å²) in [6.07, 6.45) is 6.06. The first-order chi connectivity index (χ1) is 9.22. The molecule has 0 amide bonds. The standard InChI is InChI=1S/C17H27NO.ClH/c1-3-9-18(10-4-2)13-14-5-6-16-12-17(19)8-7-15(16)11-14;/h7-8,12,14,19H,3-6,9-11,13H2,1-2H3;1H. The van der Waals surface area contributed by atoms with E-state index in [0.29, 0.717) is 5.75 Å². The number of halogens is 1. The largest absolute Gasteiger partial charge is 0.508 e. The number of hydrogen-bond donors (Lipinski definition) is 1. The van der Waals surface area contributed by atoms with Gasteiger partial charge in [-0.2, -0.15) is 0 Å². The van der Waals surface area contributed by atoms with Crippen LogP contribution >= 0.6 is 12.4 Å². The minimum absolute atomic E-state index is 0. The van der Waals surface area contributed by atoms with Crippen molar-refractivity contribution in [2.45, 2.75) is 46.0 Å². The molecule has 0 heterocycles. The number of hydrogen-bond acceptors (Lipinski definition) is 2. The van der Waals surface area contributed by atoms with E-state index in [1.165, 1.54) is 56.4 Å². The van der Waals surface area contributed by atoms with Crippen molar-refractivity contribution in [1.29, 1.82) is 0 Å². The maximum atomic E-state index is 9.53. The average Bonchev–Trinajstić information content (AvgIpc) is 2.39. The van der Waals surface area contributed by atoms with Gasteiger partial charge in [0.25, 0.3) is 0 Å². The highest BCUT2D eigenvalue weighted by atomic mass is 35.5. The molecule has 1 unspecified atom stereocenters. The van der Waals surface area contributed by atoms with Crippen molar-refractivity contribution in [3.63, 3.8) is 0 Å². The quantitative estimate of drug-likeness (QED) is 0.856. The number of aryl methyl sites for hydroxylation is 1. The summed E-state index contributed by atoms with van der Waals surface area (Å²) in [5.74, 6) is 1.20. The van der Waals surface area contributed by atoms with Gasteiger partial charge in [-0.05, 0) is 74.4 Å². The number of phenolic OH excluding ortho intramolecular Hbond substituents is 1. The molecule has 0 aliphatic heterocycles. The number of phenols is 1. The third-order valence-corrected chi connectivity index (χ3v) is 4.12. The van der Waals surface area contributed by atoms with Crippen molar-refractivity contribution >= 4 is 12.4 Å². The van der Waals surface area contributed by atoms with Crippen LogP contribution in [0.5, 0.6) is 5.75 Å². The van der Waals surface area contributed by atoms with E-state index in [1.54, 1.807) is 0 Å². The van der Waals surface area contributed by atoms with Crippen molar-refractivity contribution in [2.75, 3.05) is 19.6 Å². The Morgan fingerprint density at radius 2 is 1.85 bits per heavy atom. The van der Waals surface area contributed by atoms with Crippen molar-refractivity contribution in [3.8, 4) is 5.75 Å². The monoisotopic (exact) mass is 297 g/mol. The molecule has 0 spiro atoms. The van der Waals surface area contributed by atoms with Crippen molar-refractivity contribution < 1.29 is 5.11 Å². The number of rotatable bonds is 6. The van der Waals surface area contributed by atoms with Gasteiger partial charge in [0.2, 0.25) is 0 Å². The fraction of sp³-hybridized carbons (Fsp3) is 0.647. The molecule has 0 saturated heterocycles. The molecule has 3 heteroatoms. The molecule has 0 bridgehead atoms. The maximum absolute atomic E-state index is 9.53. The summed E-state index contributed by atoms with van der Waals surface area (Å²) >= 11 is 0. The summed E-state index contributed by atoms with van der Waals surface area (Å²) < 4.78 is 0. The highest BCUT2D eigenvalue weighted by Crippen LogP contribution is 2.28. The zero-order chi connectivity index (χ0) is 13.7. The Labute approximate surface area is 129 Å². The normalized spacial score (nSPS) is 17.6. The third-order valence-electron chi connectivity index (χ3n) is 4.12. The van der Waals surface area contributed by atoms with Crippen LogP contribution in [0.3, 0.4) is 0 Å². The summed E-state index contributed by atoms with van der Waals surface area (Å²) in [6, 6.07) is 5.89. The Bertz CT molecular complexity index is 402. The molecule has 1 aromatic carbocycles. The van der Waals surface area contributed by atoms with Crippen LogP contribution in [-0.4, -0.2) is 29.6 Å². The SMILES string of the molecule is CCCN(CCC)CC1CCc2cc(O)ccc2C1.Cl. The molecule has 2 nitrogen and oxygen atoms in total. The van der Waals surface area contributed by atoms with Crippen LogP contribution in [0.1, 0.15) is 44.2 Å². The van der Waals surface area contributed by atoms with Crippen LogP contribution in [0.4, 0.5) is 0 Å². The van der Waals surface area contributed by atoms with E-state index in [2.05, 4.69) is 24.8 Å². The molecular formula is C17H28ClNO. The van der Waals surface area contributed by atoms with Crippen molar-refractivity contribution in [2.24, 2.45) is 5.92 Å². The summed E-state index contributed by atoms with van der Waals surface area (Å²) in [4.78, 5) is 2.62. The zero-order valence-electron chi connectivity index (χ0n) is 12.8. The summed E-state index contributed by atoms with van der Waals surface area (Å²) in [7, 11) is 0. The van der Waals surface area contributed by atoms with E-state index in [0.717, 1.165) is 12.3 Å². The van der Waals surface area contributed by atoms with Crippen molar-refractivity contribution in [3.05, 3.63) is 29.3 Å².